The minimum absolute atomic E-state index is 0. The lowest BCUT2D eigenvalue weighted by atomic mass is 10.3. The lowest BCUT2D eigenvalue weighted by Gasteiger charge is -2.17. The second-order valence-corrected chi connectivity index (χ2v) is 5.01. The molecule has 0 aliphatic heterocycles. The van der Waals surface area contributed by atoms with Crippen molar-refractivity contribution in [2.75, 3.05) is 33.9 Å². The summed E-state index contributed by atoms with van der Waals surface area (Å²) in [6.45, 7) is 4.09. The van der Waals surface area contributed by atoms with Crippen LogP contribution in [-0.2, 0) is 4.74 Å². The van der Waals surface area contributed by atoms with Crippen LogP contribution in [0.15, 0.2) is 29.3 Å². The molecule has 1 unspecified atom stereocenters. The average Bonchev–Trinajstić information content (AvgIpc) is 2.51. The molecular weight excluding hydrogens is 412 g/mol. The number of hydrogen-bond acceptors (Lipinski definition) is 3. The highest BCUT2D eigenvalue weighted by atomic mass is 127. The number of ether oxygens (including phenoxy) is 2. The van der Waals surface area contributed by atoms with E-state index in [0.29, 0.717) is 19.0 Å². The summed E-state index contributed by atoms with van der Waals surface area (Å²) in [5.74, 6) is 1.21. The summed E-state index contributed by atoms with van der Waals surface area (Å²) < 4.78 is 23.3. The van der Waals surface area contributed by atoms with Crippen LogP contribution in [0, 0.1) is 5.82 Å². The molecule has 0 aliphatic rings. The third kappa shape index (κ3) is 10.3. The zero-order chi connectivity index (χ0) is 16.2. The van der Waals surface area contributed by atoms with E-state index in [2.05, 4.69) is 15.6 Å². The zero-order valence-electron chi connectivity index (χ0n) is 14.0. The fourth-order valence-corrected chi connectivity index (χ4v) is 1.87. The van der Waals surface area contributed by atoms with Crippen molar-refractivity contribution in [3.05, 3.63) is 30.1 Å². The molecule has 0 heterocycles. The van der Waals surface area contributed by atoms with Gasteiger partial charge in [0.1, 0.15) is 11.6 Å². The van der Waals surface area contributed by atoms with Crippen LogP contribution in [0.2, 0.25) is 0 Å². The first-order chi connectivity index (χ1) is 10.7. The predicted molar refractivity (Wildman–Crippen MR) is 102 cm³/mol. The molecule has 0 fully saturated rings. The molecule has 5 nitrogen and oxygen atoms in total. The van der Waals surface area contributed by atoms with Crippen molar-refractivity contribution in [3.63, 3.8) is 0 Å². The lowest BCUT2D eigenvalue weighted by Crippen LogP contribution is -2.44. The van der Waals surface area contributed by atoms with Gasteiger partial charge < -0.3 is 20.1 Å². The van der Waals surface area contributed by atoms with E-state index >= 15 is 0 Å². The maximum atomic E-state index is 12.7. The van der Waals surface area contributed by atoms with Crippen LogP contribution < -0.4 is 15.4 Å². The first-order valence-electron chi connectivity index (χ1n) is 7.50. The maximum Gasteiger partial charge on any atom is 0.191 e. The fourth-order valence-electron chi connectivity index (χ4n) is 1.87. The van der Waals surface area contributed by atoms with Crippen LogP contribution in [0.25, 0.3) is 0 Å². The average molecular weight is 439 g/mol. The first-order valence-corrected chi connectivity index (χ1v) is 7.50. The number of hydrogen-bond donors (Lipinski definition) is 2. The van der Waals surface area contributed by atoms with E-state index in [1.165, 1.54) is 12.1 Å². The van der Waals surface area contributed by atoms with Gasteiger partial charge in [-0.2, -0.15) is 0 Å². The van der Waals surface area contributed by atoms with E-state index < -0.39 is 0 Å². The van der Waals surface area contributed by atoms with Gasteiger partial charge in [0.25, 0.3) is 0 Å². The summed E-state index contributed by atoms with van der Waals surface area (Å²) in [7, 11) is 3.42. The number of aliphatic imine (C=N–C) groups is 1. The van der Waals surface area contributed by atoms with Crippen molar-refractivity contribution < 1.29 is 13.9 Å². The number of nitrogens with zero attached hydrogens (tertiary/aromatic N) is 1. The Hall–Kier alpha value is -1.09. The van der Waals surface area contributed by atoms with Crippen molar-refractivity contribution >= 4 is 29.9 Å². The highest BCUT2D eigenvalue weighted by Gasteiger charge is 2.03. The lowest BCUT2D eigenvalue weighted by molar-refractivity contribution is 0.179. The van der Waals surface area contributed by atoms with Gasteiger partial charge in [-0.05, 0) is 44.0 Å². The molecule has 132 valence electrons. The largest absolute Gasteiger partial charge is 0.494 e. The molecule has 1 aromatic carbocycles. The van der Waals surface area contributed by atoms with Gasteiger partial charge in [0, 0.05) is 26.7 Å². The molecule has 0 aliphatic carbocycles. The van der Waals surface area contributed by atoms with Crippen molar-refractivity contribution in [3.8, 4) is 5.75 Å². The topological polar surface area (TPSA) is 54.9 Å². The minimum Gasteiger partial charge on any atom is -0.494 e. The Morgan fingerprint density at radius 3 is 2.57 bits per heavy atom. The number of benzene rings is 1. The number of rotatable bonds is 9. The molecule has 0 saturated heterocycles. The Morgan fingerprint density at radius 1 is 1.26 bits per heavy atom. The standard InChI is InChI=1S/C16H26FN3O2.HI/c1-13(12-21-3)20-16(18-2)19-10-4-5-11-22-15-8-6-14(17)7-9-15;/h6-9,13H,4-5,10-12H2,1-3H3,(H2,18,19,20);1H. The van der Waals surface area contributed by atoms with Crippen molar-refractivity contribution in [2.24, 2.45) is 4.99 Å². The van der Waals surface area contributed by atoms with E-state index in [-0.39, 0.29) is 35.8 Å². The van der Waals surface area contributed by atoms with E-state index in [1.54, 1.807) is 26.3 Å². The van der Waals surface area contributed by atoms with E-state index in [1.807, 2.05) is 6.92 Å². The number of methoxy groups -OCH3 is 1. The maximum absolute atomic E-state index is 12.7. The van der Waals surface area contributed by atoms with Crippen LogP contribution in [-0.4, -0.2) is 45.9 Å². The van der Waals surface area contributed by atoms with Crippen molar-refractivity contribution in [1.29, 1.82) is 0 Å². The summed E-state index contributed by atoms with van der Waals surface area (Å²) in [5.41, 5.74) is 0. The van der Waals surface area contributed by atoms with Gasteiger partial charge in [0.05, 0.1) is 13.2 Å². The highest BCUT2D eigenvalue weighted by molar-refractivity contribution is 14.0. The smallest absolute Gasteiger partial charge is 0.191 e. The molecule has 7 heteroatoms. The molecule has 2 N–H and O–H groups in total. The molecule has 23 heavy (non-hydrogen) atoms. The normalized spacial score (nSPS) is 12.3. The number of nitrogens with one attached hydrogen (secondary N) is 2. The Morgan fingerprint density at radius 2 is 1.96 bits per heavy atom. The molecule has 0 aromatic heterocycles. The van der Waals surface area contributed by atoms with Gasteiger partial charge in [-0.1, -0.05) is 0 Å². The first kappa shape index (κ1) is 21.9. The second kappa shape index (κ2) is 13.4. The zero-order valence-corrected chi connectivity index (χ0v) is 16.3. The minimum atomic E-state index is -0.252. The molecule has 0 radical (unpaired) electrons. The predicted octanol–water partition coefficient (Wildman–Crippen LogP) is 2.80. The fraction of sp³-hybridized carbons (Fsp3) is 0.562. The molecular formula is C16H27FIN3O2. The summed E-state index contributed by atoms with van der Waals surface area (Å²) in [6.07, 6.45) is 1.87. The van der Waals surface area contributed by atoms with Crippen LogP contribution in [0.5, 0.6) is 5.75 Å². The quantitative estimate of drug-likeness (QED) is 0.269. The van der Waals surface area contributed by atoms with Gasteiger partial charge >= 0.3 is 0 Å². The molecule has 0 spiro atoms. The second-order valence-electron chi connectivity index (χ2n) is 5.01. The molecule has 1 atom stereocenters. The van der Waals surface area contributed by atoms with Crippen LogP contribution in [0.3, 0.4) is 0 Å². The monoisotopic (exact) mass is 439 g/mol. The van der Waals surface area contributed by atoms with E-state index in [9.17, 15) is 4.39 Å². The van der Waals surface area contributed by atoms with Crippen molar-refractivity contribution in [2.45, 2.75) is 25.8 Å². The van der Waals surface area contributed by atoms with Crippen LogP contribution in [0.1, 0.15) is 19.8 Å². The molecule has 1 aromatic rings. The van der Waals surface area contributed by atoms with Gasteiger partial charge in [0.15, 0.2) is 5.96 Å². The van der Waals surface area contributed by atoms with Crippen molar-refractivity contribution in [1.82, 2.24) is 10.6 Å². The Balaban J connectivity index is 0.00000484. The summed E-state index contributed by atoms with van der Waals surface area (Å²) >= 11 is 0. The molecule has 0 saturated carbocycles. The van der Waals surface area contributed by atoms with Gasteiger partial charge in [-0.15, -0.1) is 24.0 Å². The number of halogens is 2. The Kier molecular flexibility index (Phi) is 12.7. The summed E-state index contributed by atoms with van der Waals surface area (Å²) in [5, 5.41) is 6.48. The number of unbranched alkanes of at least 4 members (excludes halogenated alkanes) is 1. The summed E-state index contributed by atoms with van der Waals surface area (Å²) in [4.78, 5) is 4.16. The van der Waals surface area contributed by atoms with Gasteiger partial charge in [-0.3, -0.25) is 4.99 Å². The summed E-state index contributed by atoms with van der Waals surface area (Å²) in [6, 6.07) is 6.27. The van der Waals surface area contributed by atoms with Crippen LogP contribution in [0.4, 0.5) is 4.39 Å². The Bertz CT molecular complexity index is 443. The number of guanidine groups is 1. The molecule has 0 bridgehead atoms. The van der Waals surface area contributed by atoms with Gasteiger partial charge in [-0.25, -0.2) is 4.39 Å². The molecule has 0 amide bonds. The third-order valence-corrected chi connectivity index (χ3v) is 2.97. The van der Waals surface area contributed by atoms with E-state index in [0.717, 1.165) is 25.3 Å². The SMILES string of the molecule is CN=C(NCCCCOc1ccc(F)cc1)NC(C)COC.I. The van der Waals surface area contributed by atoms with Gasteiger partial charge in [0.2, 0.25) is 0 Å². The Labute approximate surface area is 155 Å². The molecule has 1 rings (SSSR count). The van der Waals surface area contributed by atoms with Crippen LogP contribution >= 0.6 is 24.0 Å². The van der Waals surface area contributed by atoms with E-state index in [4.69, 9.17) is 9.47 Å². The third-order valence-electron chi connectivity index (χ3n) is 2.97. The highest BCUT2D eigenvalue weighted by Crippen LogP contribution is 2.11.